The van der Waals surface area contributed by atoms with Gasteiger partial charge in [-0.05, 0) is 56.9 Å². The molecule has 34 heavy (non-hydrogen) atoms. The van der Waals surface area contributed by atoms with Gasteiger partial charge in [-0.1, -0.05) is 0 Å². The quantitative estimate of drug-likeness (QED) is 0.520. The summed E-state index contributed by atoms with van der Waals surface area (Å²) in [5.74, 6) is -0.340. The molecule has 0 saturated heterocycles. The van der Waals surface area contributed by atoms with Crippen molar-refractivity contribution in [2.45, 2.75) is 51.1 Å². The van der Waals surface area contributed by atoms with E-state index in [0.29, 0.717) is 22.6 Å². The standard InChI is InChI=1S/C25H27F2N5O2/c1-11-7-16-22(29-20-13-5-3-12(4-6-13)19(20)25(33)34)30-23(31-24(16)32(11)2)17-10-28-21-15(17)8-14(26)9-18(21)27/h8-13,19-20,28H,3-7H2,1-2H3,(H,33,34)(H,29,30,31). The minimum absolute atomic E-state index is 0.176. The molecule has 7 nitrogen and oxygen atoms in total. The molecule has 2 bridgehead atoms. The zero-order valence-electron chi connectivity index (χ0n) is 19.1. The fourth-order valence-electron chi connectivity index (χ4n) is 6.34. The Balaban J connectivity index is 1.48. The normalized spacial score (nSPS) is 27.9. The minimum Gasteiger partial charge on any atom is -0.481 e. The summed E-state index contributed by atoms with van der Waals surface area (Å²) in [5, 5.41) is 13.9. The summed E-state index contributed by atoms with van der Waals surface area (Å²) in [6.45, 7) is 2.10. The number of fused-ring (bicyclic) bond motifs is 5. The van der Waals surface area contributed by atoms with Gasteiger partial charge in [0, 0.05) is 47.9 Å². The number of carboxylic acids is 1. The Hall–Kier alpha value is -3.23. The molecule has 178 valence electrons. The van der Waals surface area contributed by atoms with Gasteiger partial charge in [0.05, 0.1) is 11.4 Å². The number of carboxylic acid groups (broad SMARTS) is 1. The van der Waals surface area contributed by atoms with Crippen LogP contribution in [0, 0.1) is 29.4 Å². The maximum absolute atomic E-state index is 14.3. The molecule has 0 spiro atoms. The number of H-pyrrole nitrogens is 1. The molecule has 3 atom stereocenters. The number of nitrogens with one attached hydrogen (secondary N) is 2. The third-order valence-electron chi connectivity index (χ3n) is 8.23. The Morgan fingerprint density at radius 3 is 2.65 bits per heavy atom. The fourth-order valence-corrected chi connectivity index (χ4v) is 6.34. The SMILES string of the molecule is CC1Cc2c(NC3C4CCC(CC4)C3C(=O)O)nc(-c3c[nH]c4c(F)cc(F)cc34)nc2N1C. The van der Waals surface area contributed by atoms with E-state index in [-0.39, 0.29) is 29.4 Å². The summed E-state index contributed by atoms with van der Waals surface area (Å²) >= 11 is 0. The summed E-state index contributed by atoms with van der Waals surface area (Å²) in [6.07, 6.45) is 6.29. The monoisotopic (exact) mass is 467 g/mol. The maximum Gasteiger partial charge on any atom is 0.308 e. The van der Waals surface area contributed by atoms with Crippen LogP contribution in [0.1, 0.15) is 38.2 Å². The van der Waals surface area contributed by atoms with E-state index in [2.05, 4.69) is 22.1 Å². The smallest absolute Gasteiger partial charge is 0.308 e. The van der Waals surface area contributed by atoms with Crippen LogP contribution in [0.5, 0.6) is 0 Å². The molecule has 0 radical (unpaired) electrons. The van der Waals surface area contributed by atoms with E-state index in [4.69, 9.17) is 9.97 Å². The molecule has 3 aromatic rings. The highest BCUT2D eigenvalue weighted by Crippen LogP contribution is 2.47. The summed E-state index contributed by atoms with van der Waals surface area (Å²) in [4.78, 5) is 26.8. The summed E-state index contributed by atoms with van der Waals surface area (Å²) < 4.78 is 28.3. The third-order valence-corrected chi connectivity index (χ3v) is 8.23. The number of aromatic nitrogens is 3. The molecule has 3 N–H and O–H groups in total. The second-order valence-corrected chi connectivity index (χ2v) is 10.1. The Labute approximate surface area is 195 Å². The van der Waals surface area contributed by atoms with Gasteiger partial charge in [-0.25, -0.2) is 18.7 Å². The average molecular weight is 468 g/mol. The maximum atomic E-state index is 14.3. The zero-order valence-corrected chi connectivity index (χ0v) is 19.1. The molecule has 4 aliphatic rings. The van der Waals surface area contributed by atoms with Gasteiger partial charge in [0.25, 0.3) is 0 Å². The number of aromatic amines is 1. The van der Waals surface area contributed by atoms with E-state index in [9.17, 15) is 18.7 Å². The Morgan fingerprint density at radius 1 is 1.18 bits per heavy atom. The molecule has 3 heterocycles. The van der Waals surface area contributed by atoms with Gasteiger partial charge in [-0.15, -0.1) is 0 Å². The number of aliphatic carboxylic acids is 1. The van der Waals surface area contributed by atoms with Crippen LogP contribution in [0.25, 0.3) is 22.3 Å². The second-order valence-electron chi connectivity index (χ2n) is 10.1. The molecule has 1 aliphatic heterocycles. The number of likely N-dealkylation sites (N-methyl/N-ethyl adjacent to an activating group) is 1. The van der Waals surface area contributed by atoms with Gasteiger partial charge in [-0.2, -0.15) is 0 Å². The molecule has 3 unspecified atom stereocenters. The van der Waals surface area contributed by atoms with E-state index < -0.39 is 23.5 Å². The predicted octanol–water partition coefficient (Wildman–Crippen LogP) is 4.59. The molecule has 3 aliphatic carbocycles. The van der Waals surface area contributed by atoms with Crippen molar-refractivity contribution in [3.8, 4) is 11.4 Å². The van der Waals surface area contributed by atoms with Gasteiger partial charge in [0.15, 0.2) is 5.82 Å². The van der Waals surface area contributed by atoms with Crippen LogP contribution in [-0.2, 0) is 11.2 Å². The lowest BCUT2D eigenvalue weighted by Crippen LogP contribution is -2.51. The second kappa shape index (κ2) is 7.65. The van der Waals surface area contributed by atoms with Gasteiger partial charge in [-0.3, -0.25) is 4.79 Å². The fraction of sp³-hybridized carbons (Fsp3) is 0.480. The highest BCUT2D eigenvalue weighted by Gasteiger charge is 2.48. The summed E-state index contributed by atoms with van der Waals surface area (Å²) in [5.41, 5.74) is 1.67. The molecule has 9 heteroatoms. The van der Waals surface area contributed by atoms with Gasteiger partial charge in [0.1, 0.15) is 23.3 Å². The van der Waals surface area contributed by atoms with Crippen molar-refractivity contribution in [2.24, 2.45) is 17.8 Å². The summed E-state index contributed by atoms with van der Waals surface area (Å²) in [6, 6.07) is 2.13. The van der Waals surface area contributed by atoms with Crippen LogP contribution < -0.4 is 10.2 Å². The number of anilines is 2. The van der Waals surface area contributed by atoms with Crippen LogP contribution in [0.2, 0.25) is 0 Å². The molecular weight excluding hydrogens is 440 g/mol. The molecule has 3 saturated carbocycles. The van der Waals surface area contributed by atoms with Crippen LogP contribution in [0.4, 0.5) is 20.4 Å². The number of halogens is 2. The first kappa shape index (κ1) is 21.3. The van der Waals surface area contributed by atoms with Crippen molar-refractivity contribution in [2.75, 3.05) is 17.3 Å². The van der Waals surface area contributed by atoms with E-state index in [1.165, 1.54) is 6.07 Å². The lowest BCUT2D eigenvalue weighted by Gasteiger charge is -2.47. The lowest BCUT2D eigenvalue weighted by molar-refractivity contribution is -0.148. The first-order valence-electron chi connectivity index (χ1n) is 11.9. The van der Waals surface area contributed by atoms with E-state index in [0.717, 1.165) is 49.6 Å². The number of carbonyl (C=O) groups is 1. The molecule has 2 aromatic heterocycles. The minimum atomic E-state index is -0.758. The van der Waals surface area contributed by atoms with E-state index in [1.807, 2.05) is 7.05 Å². The Morgan fingerprint density at radius 2 is 1.91 bits per heavy atom. The number of hydrogen-bond acceptors (Lipinski definition) is 5. The van der Waals surface area contributed by atoms with Crippen molar-refractivity contribution in [3.63, 3.8) is 0 Å². The van der Waals surface area contributed by atoms with Crippen molar-refractivity contribution in [1.82, 2.24) is 15.0 Å². The number of hydrogen-bond donors (Lipinski definition) is 3. The van der Waals surface area contributed by atoms with Crippen molar-refractivity contribution in [3.05, 3.63) is 35.5 Å². The van der Waals surface area contributed by atoms with E-state index in [1.54, 1.807) is 6.20 Å². The van der Waals surface area contributed by atoms with Crippen molar-refractivity contribution >= 4 is 28.5 Å². The van der Waals surface area contributed by atoms with E-state index >= 15 is 0 Å². The van der Waals surface area contributed by atoms with Crippen molar-refractivity contribution in [1.29, 1.82) is 0 Å². The van der Waals surface area contributed by atoms with Crippen LogP contribution in [0.15, 0.2) is 18.3 Å². The molecular formula is C25H27F2N5O2. The highest BCUT2D eigenvalue weighted by molar-refractivity contribution is 5.94. The highest BCUT2D eigenvalue weighted by atomic mass is 19.1. The first-order valence-corrected chi connectivity index (χ1v) is 11.9. The van der Waals surface area contributed by atoms with Crippen molar-refractivity contribution < 1.29 is 18.7 Å². The number of rotatable bonds is 4. The number of nitrogens with zero attached hydrogens (tertiary/aromatic N) is 3. The van der Waals surface area contributed by atoms with Crippen LogP contribution in [0.3, 0.4) is 0 Å². The lowest BCUT2D eigenvalue weighted by atomic mass is 9.61. The Kier molecular flexibility index (Phi) is 4.79. The Bertz CT molecular complexity index is 1300. The molecule has 1 aromatic carbocycles. The molecule has 0 amide bonds. The van der Waals surface area contributed by atoms with Gasteiger partial charge >= 0.3 is 5.97 Å². The zero-order chi connectivity index (χ0) is 23.7. The third kappa shape index (κ3) is 3.16. The molecule has 3 fully saturated rings. The summed E-state index contributed by atoms with van der Waals surface area (Å²) in [7, 11) is 1.97. The van der Waals surface area contributed by atoms with Crippen LogP contribution in [-0.4, -0.2) is 45.2 Å². The van der Waals surface area contributed by atoms with Gasteiger partial charge < -0.3 is 20.3 Å². The number of benzene rings is 1. The largest absolute Gasteiger partial charge is 0.481 e. The molecule has 7 rings (SSSR count). The average Bonchev–Trinajstić information content (AvgIpc) is 3.36. The predicted molar refractivity (Wildman–Crippen MR) is 125 cm³/mol. The topological polar surface area (TPSA) is 94.1 Å². The van der Waals surface area contributed by atoms with Gasteiger partial charge in [0.2, 0.25) is 0 Å². The first-order chi connectivity index (χ1) is 16.3. The van der Waals surface area contributed by atoms with Crippen LogP contribution >= 0.6 is 0 Å².